The van der Waals surface area contributed by atoms with Gasteiger partial charge in [0, 0.05) is 23.9 Å². The SMILES string of the molecule is O=C(O)/C=C1/CCNc2ccccc21. The van der Waals surface area contributed by atoms with E-state index >= 15 is 0 Å². The molecule has 0 saturated carbocycles. The molecule has 0 spiro atoms. The molecule has 1 heterocycles. The minimum Gasteiger partial charge on any atom is -0.478 e. The predicted molar refractivity (Wildman–Crippen MR) is 55.2 cm³/mol. The Morgan fingerprint density at radius 1 is 1.43 bits per heavy atom. The van der Waals surface area contributed by atoms with Crippen LogP contribution in [0.4, 0.5) is 5.69 Å². The smallest absolute Gasteiger partial charge is 0.328 e. The van der Waals surface area contributed by atoms with Crippen LogP contribution in [0.25, 0.3) is 5.57 Å². The van der Waals surface area contributed by atoms with Crippen molar-refractivity contribution in [1.82, 2.24) is 0 Å². The third kappa shape index (κ3) is 1.62. The number of benzene rings is 1. The van der Waals surface area contributed by atoms with E-state index in [1.807, 2.05) is 24.3 Å². The summed E-state index contributed by atoms with van der Waals surface area (Å²) < 4.78 is 0. The summed E-state index contributed by atoms with van der Waals surface area (Å²) in [7, 11) is 0. The highest BCUT2D eigenvalue weighted by Crippen LogP contribution is 2.29. The second-order valence-electron chi connectivity index (χ2n) is 3.23. The number of rotatable bonds is 1. The van der Waals surface area contributed by atoms with Gasteiger partial charge in [-0.15, -0.1) is 0 Å². The molecule has 0 radical (unpaired) electrons. The molecule has 3 nitrogen and oxygen atoms in total. The van der Waals surface area contributed by atoms with Gasteiger partial charge >= 0.3 is 5.97 Å². The highest BCUT2D eigenvalue weighted by Gasteiger charge is 2.13. The van der Waals surface area contributed by atoms with Gasteiger partial charge in [0.15, 0.2) is 0 Å². The summed E-state index contributed by atoms with van der Waals surface area (Å²) >= 11 is 0. The zero-order valence-electron chi connectivity index (χ0n) is 7.66. The van der Waals surface area contributed by atoms with Crippen LogP contribution in [0.3, 0.4) is 0 Å². The molecule has 0 atom stereocenters. The van der Waals surface area contributed by atoms with Gasteiger partial charge in [-0.2, -0.15) is 0 Å². The number of nitrogens with one attached hydrogen (secondary N) is 1. The molecule has 0 aromatic heterocycles. The van der Waals surface area contributed by atoms with Crippen molar-refractivity contribution in [2.45, 2.75) is 6.42 Å². The Bertz CT molecular complexity index is 396. The Labute approximate surface area is 82.1 Å². The third-order valence-corrected chi connectivity index (χ3v) is 2.28. The average Bonchev–Trinajstić information content (AvgIpc) is 2.18. The summed E-state index contributed by atoms with van der Waals surface area (Å²) in [5, 5.41) is 11.9. The molecule has 0 fully saturated rings. The molecular formula is C11H11NO2. The fourth-order valence-electron chi connectivity index (χ4n) is 1.68. The first-order valence-electron chi connectivity index (χ1n) is 4.54. The van der Waals surface area contributed by atoms with Gasteiger partial charge in [0.05, 0.1) is 0 Å². The van der Waals surface area contributed by atoms with E-state index in [0.717, 1.165) is 29.8 Å². The molecular weight excluding hydrogens is 178 g/mol. The zero-order valence-corrected chi connectivity index (χ0v) is 7.66. The van der Waals surface area contributed by atoms with Crippen molar-refractivity contribution in [2.75, 3.05) is 11.9 Å². The van der Waals surface area contributed by atoms with Crippen molar-refractivity contribution >= 4 is 17.2 Å². The van der Waals surface area contributed by atoms with Crippen molar-refractivity contribution in [3.63, 3.8) is 0 Å². The van der Waals surface area contributed by atoms with Gasteiger partial charge in [-0.3, -0.25) is 0 Å². The van der Waals surface area contributed by atoms with E-state index in [2.05, 4.69) is 5.32 Å². The summed E-state index contributed by atoms with van der Waals surface area (Å²) in [5.74, 6) is -0.878. The van der Waals surface area contributed by atoms with Crippen LogP contribution in [-0.2, 0) is 4.79 Å². The normalized spacial score (nSPS) is 17.3. The summed E-state index contributed by atoms with van der Waals surface area (Å²) in [6, 6.07) is 7.76. The van der Waals surface area contributed by atoms with Crippen molar-refractivity contribution in [1.29, 1.82) is 0 Å². The maximum absolute atomic E-state index is 10.6. The van der Waals surface area contributed by atoms with Gasteiger partial charge in [-0.25, -0.2) is 4.79 Å². The van der Waals surface area contributed by atoms with Gasteiger partial charge in [0.25, 0.3) is 0 Å². The number of carbonyl (C=O) groups is 1. The minimum absolute atomic E-state index is 0.767. The molecule has 2 N–H and O–H groups in total. The quantitative estimate of drug-likeness (QED) is 0.664. The van der Waals surface area contributed by atoms with Crippen LogP contribution in [0.5, 0.6) is 0 Å². The Morgan fingerprint density at radius 2 is 2.21 bits per heavy atom. The minimum atomic E-state index is -0.878. The Morgan fingerprint density at radius 3 is 3.00 bits per heavy atom. The van der Waals surface area contributed by atoms with Crippen molar-refractivity contribution < 1.29 is 9.90 Å². The first-order chi connectivity index (χ1) is 6.77. The standard InChI is InChI=1S/C11H11NO2/c13-11(14)7-8-5-6-12-10-4-2-1-3-9(8)10/h1-4,7,12H,5-6H2,(H,13,14)/b8-7-. The van der Waals surface area contributed by atoms with Crippen LogP contribution in [0.2, 0.25) is 0 Å². The second kappa shape index (κ2) is 3.54. The Kier molecular flexibility index (Phi) is 2.23. The summed E-state index contributed by atoms with van der Waals surface area (Å²) in [6.07, 6.45) is 2.06. The molecule has 1 aromatic rings. The van der Waals surface area contributed by atoms with E-state index in [1.165, 1.54) is 6.08 Å². The Balaban J connectivity index is 2.45. The van der Waals surface area contributed by atoms with Crippen LogP contribution in [0, 0.1) is 0 Å². The van der Waals surface area contributed by atoms with E-state index in [4.69, 9.17) is 5.11 Å². The molecule has 0 unspecified atom stereocenters. The monoisotopic (exact) mass is 189 g/mol. The number of carboxylic acids is 1. The number of aliphatic carboxylic acids is 1. The number of hydrogen-bond donors (Lipinski definition) is 2. The van der Waals surface area contributed by atoms with Gasteiger partial charge in [0.1, 0.15) is 0 Å². The second-order valence-corrected chi connectivity index (χ2v) is 3.23. The molecule has 0 saturated heterocycles. The van der Waals surface area contributed by atoms with Crippen LogP contribution in [0.15, 0.2) is 30.3 Å². The maximum Gasteiger partial charge on any atom is 0.328 e. The highest BCUT2D eigenvalue weighted by atomic mass is 16.4. The summed E-state index contributed by atoms with van der Waals surface area (Å²) in [4.78, 5) is 10.6. The molecule has 1 aliphatic heterocycles. The molecule has 0 bridgehead atoms. The van der Waals surface area contributed by atoms with E-state index in [0.29, 0.717) is 0 Å². The number of carboxylic acid groups (broad SMARTS) is 1. The number of anilines is 1. The first-order valence-corrected chi connectivity index (χ1v) is 4.54. The predicted octanol–water partition coefficient (Wildman–Crippen LogP) is 1.97. The lowest BCUT2D eigenvalue weighted by molar-refractivity contribution is -0.131. The van der Waals surface area contributed by atoms with Crippen LogP contribution in [-0.4, -0.2) is 17.6 Å². The first kappa shape index (κ1) is 8.81. The van der Waals surface area contributed by atoms with E-state index in [9.17, 15) is 4.79 Å². The fourth-order valence-corrected chi connectivity index (χ4v) is 1.68. The van der Waals surface area contributed by atoms with Crippen molar-refractivity contribution in [2.24, 2.45) is 0 Å². The third-order valence-electron chi connectivity index (χ3n) is 2.28. The lowest BCUT2D eigenvalue weighted by atomic mass is 9.97. The van der Waals surface area contributed by atoms with Crippen molar-refractivity contribution in [3.8, 4) is 0 Å². The van der Waals surface area contributed by atoms with Crippen LogP contribution in [0.1, 0.15) is 12.0 Å². The van der Waals surface area contributed by atoms with Gasteiger partial charge in [-0.1, -0.05) is 18.2 Å². The summed E-state index contributed by atoms with van der Waals surface area (Å²) in [6.45, 7) is 0.802. The maximum atomic E-state index is 10.6. The molecule has 14 heavy (non-hydrogen) atoms. The topological polar surface area (TPSA) is 49.3 Å². The molecule has 3 heteroatoms. The van der Waals surface area contributed by atoms with Crippen LogP contribution >= 0.6 is 0 Å². The largest absolute Gasteiger partial charge is 0.478 e. The lowest BCUT2D eigenvalue weighted by Gasteiger charge is -2.20. The molecule has 0 amide bonds. The van der Waals surface area contributed by atoms with E-state index in [1.54, 1.807) is 0 Å². The number of hydrogen-bond acceptors (Lipinski definition) is 2. The molecule has 2 rings (SSSR count). The fraction of sp³-hybridized carbons (Fsp3) is 0.182. The molecule has 1 aromatic carbocycles. The number of para-hydroxylation sites is 1. The lowest BCUT2D eigenvalue weighted by Crippen LogP contribution is -2.11. The Hall–Kier alpha value is -1.77. The van der Waals surface area contributed by atoms with E-state index in [-0.39, 0.29) is 0 Å². The van der Waals surface area contributed by atoms with Gasteiger partial charge in [0.2, 0.25) is 0 Å². The van der Waals surface area contributed by atoms with E-state index < -0.39 is 5.97 Å². The highest BCUT2D eigenvalue weighted by molar-refractivity contribution is 5.93. The average molecular weight is 189 g/mol. The van der Waals surface area contributed by atoms with Gasteiger partial charge in [-0.05, 0) is 18.1 Å². The number of fused-ring (bicyclic) bond motifs is 1. The van der Waals surface area contributed by atoms with Gasteiger partial charge < -0.3 is 10.4 Å². The molecule has 0 aliphatic carbocycles. The van der Waals surface area contributed by atoms with Crippen molar-refractivity contribution in [3.05, 3.63) is 35.9 Å². The van der Waals surface area contributed by atoms with Crippen LogP contribution < -0.4 is 5.32 Å². The summed E-state index contributed by atoms with van der Waals surface area (Å²) in [5.41, 5.74) is 2.92. The molecule has 1 aliphatic rings. The molecule has 72 valence electrons. The zero-order chi connectivity index (χ0) is 9.97.